The van der Waals surface area contributed by atoms with Gasteiger partial charge in [0.15, 0.2) is 5.96 Å². The third-order valence-corrected chi connectivity index (χ3v) is 6.43. The highest BCUT2D eigenvalue weighted by molar-refractivity contribution is 14.0. The van der Waals surface area contributed by atoms with E-state index in [1.54, 1.807) is 19.2 Å². The van der Waals surface area contributed by atoms with Crippen molar-refractivity contribution in [3.63, 3.8) is 0 Å². The summed E-state index contributed by atoms with van der Waals surface area (Å²) in [5, 5.41) is 3.35. The van der Waals surface area contributed by atoms with Gasteiger partial charge < -0.3 is 29.5 Å². The Morgan fingerprint density at radius 3 is 2.45 bits per heavy atom. The van der Waals surface area contributed by atoms with Crippen LogP contribution in [0.25, 0.3) is 0 Å². The Balaban J connectivity index is 0.00000306. The van der Waals surface area contributed by atoms with Crippen molar-refractivity contribution in [2.45, 2.75) is 31.5 Å². The molecule has 3 fully saturated rings. The zero-order chi connectivity index (χ0) is 22.3. The van der Waals surface area contributed by atoms with Crippen molar-refractivity contribution < 1.29 is 18.7 Å². The summed E-state index contributed by atoms with van der Waals surface area (Å²) in [6.45, 7) is 6.42. The molecule has 1 N–H and O–H groups in total. The molecule has 1 aromatic carbocycles. The fraction of sp³-hybridized carbons (Fsp3) is 0.652. The van der Waals surface area contributed by atoms with Crippen molar-refractivity contribution in [1.82, 2.24) is 15.1 Å². The molecule has 0 bridgehead atoms. The maximum Gasteiger partial charge on any atom is 0.224 e. The summed E-state index contributed by atoms with van der Waals surface area (Å²) in [6, 6.07) is 6.53. The maximum absolute atomic E-state index is 13.1. The van der Waals surface area contributed by atoms with Crippen LogP contribution in [-0.4, -0.2) is 99.9 Å². The Morgan fingerprint density at radius 2 is 1.79 bits per heavy atom. The first kappa shape index (κ1) is 26.0. The lowest BCUT2D eigenvalue weighted by atomic mass is 10.1. The number of piperazine rings is 1. The minimum atomic E-state index is -0.232. The lowest BCUT2D eigenvalue weighted by molar-refractivity contribution is -0.131. The first-order valence-corrected chi connectivity index (χ1v) is 11.6. The molecule has 3 aliphatic heterocycles. The Labute approximate surface area is 212 Å². The van der Waals surface area contributed by atoms with E-state index in [1.165, 1.54) is 12.1 Å². The summed E-state index contributed by atoms with van der Waals surface area (Å²) < 4.78 is 24.8. The van der Waals surface area contributed by atoms with Crippen LogP contribution in [0.2, 0.25) is 0 Å². The lowest BCUT2D eigenvalue weighted by Crippen LogP contribution is -2.54. The molecule has 0 aliphatic carbocycles. The number of carbonyl (C=O) groups is 1. The van der Waals surface area contributed by atoms with Gasteiger partial charge in [-0.25, -0.2) is 4.39 Å². The van der Waals surface area contributed by atoms with E-state index >= 15 is 0 Å². The number of morpholine rings is 1. The summed E-state index contributed by atoms with van der Waals surface area (Å²) in [5.41, 5.74) is 0.996. The van der Waals surface area contributed by atoms with Crippen LogP contribution < -0.4 is 10.2 Å². The van der Waals surface area contributed by atoms with E-state index in [2.05, 4.69) is 20.1 Å². The van der Waals surface area contributed by atoms with Gasteiger partial charge >= 0.3 is 0 Å². The summed E-state index contributed by atoms with van der Waals surface area (Å²) in [5.74, 6) is 0.723. The van der Waals surface area contributed by atoms with Gasteiger partial charge in [-0.3, -0.25) is 9.79 Å². The predicted octanol–water partition coefficient (Wildman–Crippen LogP) is 1.94. The number of rotatable bonds is 5. The molecule has 0 aromatic heterocycles. The molecule has 0 spiro atoms. The average Bonchev–Trinajstić information content (AvgIpc) is 3.38. The van der Waals surface area contributed by atoms with Gasteiger partial charge in [0.05, 0.1) is 12.7 Å². The number of hydrogen-bond donors (Lipinski definition) is 1. The van der Waals surface area contributed by atoms with E-state index in [9.17, 15) is 9.18 Å². The molecule has 2 atom stereocenters. The molecule has 10 heteroatoms. The highest BCUT2D eigenvalue weighted by atomic mass is 127. The van der Waals surface area contributed by atoms with E-state index in [4.69, 9.17) is 9.47 Å². The fourth-order valence-corrected chi connectivity index (χ4v) is 4.63. The number of hydrogen-bond acceptors (Lipinski definition) is 5. The molecule has 4 rings (SSSR count). The van der Waals surface area contributed by atoms with E-state index in [1.807, 2.05) is 4.90 Å². The molecule has 0 saturated carbocycles. The molecule has 1 aromatic rings. The summed E-state index contributed by atoms with van der Waals surface area (Å²) >= 11 is 0. The molecule has 1 amide bonds. The van der Waals surface area contributed by atoms with Gasteiger partial charge in [-0.2, -0.15) is 0 Å². The van der Waals surface area contributed by atoms with Crippen molar-refractivity contribution >= 4 is 41.5 Å². The number of guanidine groups is 1. The second-order valence-corrected chi connectivity index (χ2v) is 8.47. The number of carbonyl (C=O) groups excluding carboxylic acids is 1. The molecule has 0 radical (unpaired) electrons. The third-order valence-electron chi connectivity index (χ3n) is 6.43. The highest BCUT2D eigenvalue weighted by Gasteiger charge is 2.32. The number of nitrogens with one attached hydrogen (secondary N) is 1. The second kappa shape index (κ2) is 12.7. The number of halogens is 2. The van der Waals surface area contributed by atoms with E-state index in [0.29, 0.717) is 32.7 Å². The Bertz CT molecular complexity index is 783. The summed E-state index contributed by atoms with van der Waals surface area (Å²) in [4.78, 5) is 23.4. The number of benzene rings is 1. The van der Waals surface area contributed by atoms with Crippen LogP contribution in [0.4, 0.5) is 10.1 Å². The Hall–Kier alpha value is -1.66. The topological polar surface area (TPSA) is 69.6 Å². The standard InChI is InChI=1S/C23H34FN5O3.HI/c1-25-23(29-14-16-32-21(17-29)20-3-2-15-31-20)26-9-8-22(30)28-12-10-27(11-13-28)19-6-4-18(24)5-7-19;/h4-7,20-21H,2-3,8-17H2,1H3,(H,25,26);1H. The van der Waals surface area contributed by atoms with Gasteiger partial charge in [-0.05, 0) is 37.1 Å². The van der Waals surface area contributed by atoms with Gasteiger partial charge in [0.2, 0.25) is 5.91 Å². The number of ether oxygens (including phenoxy) is 2. The maximum atomic E-state index is 13.1. The SMILES string of the molecule is CN=C(NCCC(=O)N1CCN(c2ccc(F)cc2)CC1)N1CCOC(C2CCCO2)C1.I. The quantitative estimate of drug-likeness (QED) is 0.329. The van der Waals surface area contributed by atoms with E-state index < -0.39 is 0 Å². The lowest BCUT2D eigenvalue weighted by Gasteiger charge is -2.37. The van der Waals surface area contributed by atoms with E-state index in [-0.39, 0.29) is 47.9 Å². The van der Waals surface area contributed by atoms with Crippen LogP contribution in [0, 0.1) is 5.82 Å². The first-order chi connectivity index (χ1) is 15.6. The minimum Gasteiger partial charge on any atom is -0.375 e. The van der Waals surface area contributed by atoms with Crippen molar-refractivity contribution in [3.8, 4) is 0 Å². The molecule has 33 heavy (non-hydrogen) atoms. The van der Waals surface area contributed by atoms with Crippen LogP contribution in [0.15, 0.2) is 29.3 Å². The number of nitrogens with zero attached hydrogens (tertiary/aromatic N) is 4. The van der Waals surface area contributed by atoms with Gasteiger partial charge in [0, 0.05) is 71.6 Å². The Morgan fingerprint density at radius 1 is 1.06 bits per heavy atom. The van der Waals surface area contributed by atoms with Crippen molar-refractivity contribution in [3.05, 3.63) is 30.1 Å². The largest absolute Gasteiger partial charge is 0.375 e. The van der Waals surface area contributed by atoms with E-state index in [0.717, 1.165) is 57.3 Å². The van der Waals surface area contributed by atoms with Gasteiger partial charge in [0.1, 0.15) is 11.9 Å². The first-order valence-electron chi connectivity index (χ1n) is 11.6. The normalized spacial score (nSPS) is 23.9. The molecular weight excluding hydrogens is 540 g/mol. The average molecular weight is 575 g/mol. The van der Waals surface area contributed by atoms with Crippen LogP contribution in [0.5, 0.6) is 0 Å². The summed E-state index contributed by atoms with van der Waals surface area (Å²) in [6.07, 6.45) is 2.82. The Kier molecular flexibility index (Phi) is 9.99. The van der Waals surface area contributed by atoms with Crippen LogP contribution >= 0.6 is 24.0 Å². The predicted molar refractivity (Wildman–Crippen MR) is 137 cm³/mol. The molecule has 3 heterocycles. The van der Waals surface area contributed by atoms with Gasteiger partial charge in [-0.15, -0.1) is 24.0 Å². The fourth-order valence-electron chi connectivity index (χ4n) is 4.63. The third kappa shape index (κ3) is 6.92. The smallest absolute Gasteiger partial charge is 0.224 e. The molecule has 2 unspecified atom stereocenters. The monoisotopic (exact) mass is 575 g/mol. The van der Waals surface area contributed by atoms with Gasteiger partial charge in [0.25, 0.3) is 0 Å². The highest BCUT2D eigenvalue weighted by Crippen LogP contribution is 2.21. The van der Waals surface area contributed by atoms with Crippen LogP contribution in [0.3, 0.4) is 0 Å². The number of aliphatic imine (C=N–C) groups is 1. The zero-order valence-electron chi connectivity index (χ0n) is 19.2. The van der Waals surface area contributed by atoms with Crippen molar-refractivity contribution in [1.29, 1.82) is 0 Å². The minimum absolute atomic E-state index is 0. The van der Waals surface area contributed by atoms with Crippen molar-refractivity contribution in [2.24, 2.45) is 4.99 Å². The molecule has 184 valence electrons. The number of amides is 1. The molecule has 8 nitrogen and oxygen atoms in total. The molecule has 3 saturated heterocycles. The van der Waals surface area contributed by atoms with Crippen LogP contribution in [-0.2, 0) is 14.3 Å². The molecular formula is C23H35FIN5O3. The van der Waals surface area contributed by atoms with Crippen molar-refractivity contribution in [2.75, 3.05) is 71.0 Å². The zero-order valence-corrected chi connectivity index (χ0v) is 21.6. The molecule has 3 aliphatic rings. The van der Waals surface area contributed by atoms with Gasteiger partial charge in [-0.1, -0.05) is 0 Å². The second-order valence-electron chi connectivity index (χ2n) is 8.47. The van der Waals surface area contributed by atoms with Crippen LogP contribution in [0.1, 0.15) is 19.3 Å². The summed E-state index contributed by atoms with van der Waals surface area (Å²) in [7, 11) is 1.77. The number of anilines is 1.